The lowest BCUT2D eigenvalue weighted by atomic mass is 10.0. The first-order valence-corrected chi connectivity index (χ1v) is 9.55. The molecule has 0 radical (unpaired) electrons. The van der Waals surface area contributed by atoms with Crippen LogP contribution in [0.15, 0.2) is 35.2 Å². The smallest absolute Gasteiger partial charge is 0.230 e. The summed E-state index contributed by atoms with van der Waals surface area (Å²) in [5.41, 5.74) is 0. The molecule has 1 N–H and O–H groups in total. The predicted octanol–water partition coefficient (Wildman–Crippen LogP) is 2.40. The van der Waals surface area contributed by atoms with Crippen molar-refractivity contribution in [1.29, 1.82) is 0 Å². The van der Waals surface area contributed by atoms with Crippen LogP contribution in [-0.2, 0) is 9.53 Å². The van der Waals surface area contributed by atoms with Gasteiger partial charge >= 0.3 is 0 Å². The molecule has 23 heavy (non-hydrogen) atoms. The minimum absolute atomic E-state index is 0.154. The van der Waals surface area contributed by atoms with E-state index >= 15 is 0 Å². The van der Waals surface area contributed by atoms with E-state index in [2.05, 4.69) is 10.2 Å². The van der Waals surface area contributed by atoms with E-state index in [1.807, 2.05) is 30.3 Å². The maximum Gasteiger partial charge on any atom is 0.230 e. The monoisotopic (exact) mass is 334 g/mol. The van der Waals surface area contributed by atoms with E-state index in [9.17, 15) is 4.79 Å². The SMILES string of the molecule is O=C(CSc1ccccc1)NC1CCN(CC2CCOC2)CC1. The van der Waals surface area contributed by atoms with Gasteiger partial charge in [0.15, 0.2) is 0 Å². The molecule has 1 unspecified atom stereocenters. The summed E-state index contributed by atoms with van der Waals surface area (Å²) in [5, 5.41) is 3.19. The molecule has 1 atom stereocenters. The molecule has 0 saturated carbocycles. The Bertz CT molecular complexity index is 483. The Morgan fingerprint density at radius 2 is 2.00 bits per heavy atom. The molecular formula is C18H26N2O2S. The Morgan fingerprint density at radius 3 is 2.70 bits per heavy atom. The molecule has 2 aliphatic heterocycles. The highest BCUT2D eigenvalue weighted by atomic mass is 32.2. The van der Waals surface area contributed by atoms with Crippen molar-refractivity contribution in [2.75, 3.05) is 38.6 Å². The van der Waals surface area contributed by atoms with Gasteiger partial charge in [0.05, 0.1) is 12.4 Å². The van der Waals surface area contributed by atoms with E-state index in [1.54, 1.807) is 11.8 Å². The number of piperidine rings is 1. The first-order chi connectivity index (χ1) is 11.3. The zero-order valence-corrected chi connectivity index (χ0v) is 14.4. The molecule has 0 aliphatic carbocycles. The van der Waals surface area contributed by atoms with Gasteiger partial charge in [-0.15, -0.1) is 11.8 Å². The number of ether oxygens (including phenoxy) is 1. The zero-order chi connectivity index (χ0) is 15.9. The van der Waals surface area contributed by atoms with E-state index in [-0.39, 0.29) is 5.91 Å². The van der Waals surface area contributed by atoms with Crippen LogP contribution in [0.1, 0.15) is 19.3 Å². The topological polar surface area (TPSA) is 41.6 Å². The minimum atomic E-state index is 0.154. The maximum absolute atomic E-state index is 12.1. The van der Waals surface area contributed by atoms with Crippen molar-refractivity contribution in [3.8, 4) is 0 Å². The second-order valence-corrected chi connectivity index (χ2v) is 7.52. The van der Waals surface area contributed by atoms with Crippen molar-refractivity contribution in [3.63, 3.8) is 0 Å². The number of thioether (sulfide) groups is 1. The van der Waals surface area contributed by atoms with Crippen LogP contribution in [0.2, 0.25) is 0 Å². The van der Waals surface area contributed by atoms with Gasteiger partial charge in [-0.3, -0.25) is 4.79 Å². The average molecular weight is 334 g/mol. The second-order valence-electron chi connectivity index (χ2n) is 6.47. The maximum atomic E-state index is 12.1. The number of benzene rings is 1. The first-order valence-electron chi connectivity index (χ1n) is 8.57. The van der Waals surface area contributed by atoms with E-state index in [1.165, 1.54) is 6.42 Å². The minimum Gasteiger partial charge on any atom is -0.381 e. The molecule has 3 rings (SSSR count). The van der Waals surface area contributed by atoms with Crippen LogP contribution in [0.5, 0.6) is 0 Å². The summed E-state index contributed by atoms with van der Waals surface area (Å²) in [5.74, 6) is 1.37. The molecule has 0 spiro atoms. The Balaban J connectivity index is 1.32. The van der Waals surface area contributed by atoms with Gasteiger partial charge in [0.1, 0.15) is 0 Å². The molecular weight excluding hydrogens is 308 g/mol. The molecule has 2 heterocycles. The van der Waals surface area contributed by atoms with Gasteiger partial charge in [-0.25, -0.2) is 0 Å². The molecule has 2 fully saturated rings. The fraction of sp³-hybridized carbons (Fsp3) is 0.611. The number of rotatable bonds is 6. The summed E-state index contributed by atoms with van der Waals surface area (Å²) >= 11 is 1.60. The van der Waals surface area contributed by atoms with Gasteiger partial charge < -0.3 is 15.0 Å². The van der Waals surface area contributed by atoms with Gasteiger partial charge in [0.25, 0.3) is 0 Å². The molecule has 1 amide bonds. The van der Waals surface area contributed by atoms with Crippen molar-refractivity contribution in [2.45, 2.75) is 30.2 Å². The van der Waals surface area contributed by atoms with Gasteiger partial charge in [0.2, 0.25) is 5.91 Å². The van der Waals surface area contributed by atoms with Crippen LogP contribution in [0, 0.1) is 5.92 Å². The third kappa shape index (κ3) is 5.52. The fourth-order valence-electron chi connectivity index (χ4n) is 3.29. The van der Waals surface area contributed by atoms with Crippen molar-refractivity contribution in [2.24, 2.45) is 5.92 Å². The normalized spacial score (nSPS) is 23.0. The third-order valence-electron chi connectivity index (χ3n) is 4.61. The van der Waals surface area contributed by atoms with E-state index in [4.69, 9.17) is 4.74 Å². The summed E-state index contributed by atoms with van der Waals surface area (Å²) in [6, 6.07) is 10.4. The van der Waals surface area contributed by atoms with Gasteiger partial charge in [-0.2, -0.15) is 0 Å². The number of carbonyl (C=O) groups excluding carboxylic acids is 1. The summed E-state index contributed by atoms with van der Waals surface area (Å²) in [7, 11) is 0. The number of nitrogens with one attached hydrogen (secondary N) is 1. The summed E-state index contributed by atoms with van der Waals surface area (Å²) in [6.07, 6.45) is 3.33. The highest BCUT2D eigenvalue weighted by Gasteiger charge is 2.24. The highest BCUT2D eigenvalue weighted by Crippen LogP contribution is 2.19. The Kier molecular flexibility index (Phi) is 6.37. The van der Waals surface area contributed by atoms with Crippen LogP contribution in [-0.4, -0.2) is 55.4 Å². The van der Waals surface area contributed by atoms with Gasteiger partial charge in [0, 0.05) is 37.2 Å². The van der Waals surface area contributed by atoms with E-state index in [0.29, 0.717) is 17.7 Å². The summed E-state index contributed by atoms with van der Waals surface area (Å²) < 4.78 is 5.45. The standard InChI is InChI=1S/C18H26N2O2S/c21-18(14-23-17-4-2-1-3-5-17)19-16-6-9-20(10-7-16)12-15-8-11-22-13-15/h1-5,15-16H,6-14H2,(H,19,21). The van der Waals surface area contributed by atoms with Gasteiger partial charge in [-0.1, -0.05) is 18.2 Å². The third-order valence-corrected chi connectivity index (χ3v) is 5.62. The molecule has 4 nitrogen and oxygen atoms in total. The number of amides is 1. The fourth-order valence-corrected chi connectivity index (χ4v) is 4.02. The molecule has 2 aliphatic rings. The largest absolute Gasteiger partial charge is 0.381 e. The first kappa shape index (κ1) is 16.8. The quantitative estimate of drug-likeness (QED) is 0.811. The van der Waals surface area contributed by atoms with Crippen LogP contribution >= 0.6 is 11.8 Å². The predicted molar refractivity (Wildman–Crippen MR) is 93.7 cm³/mol. The van der Waals surface area contributed by atoms with Crippen molar-refractivity contribution in [1.82, 2.24) is 10.2 Å². The number of nitrogens with zero attached hydrogens (tertiary/aromatic N) is 1. The summed E-state index contributed by atoms with van der Waals surface area (Å²) in [4.78, 5) is 15.8. The lowest BCUT2D eigenvalue weighted by Gasteiger charge is -2.33. The summed E-state index contributed by atoms with van der Waals surface area (Å²) in [6.45, 7) is 5.19. The molecule has 126 valence electrons. The Labute approximate surface area is 143 Å². The van der Waals surface area contributed by atoms with Crippen LogP contribution in [0.25, 0.3) is 0 Å². The Hall–Kier alpha value is -1.04. The van der Waals surface area contributed by atoms with Crippen LogP contribution < -0.4 is 5.32 Å². The number of likely N-dealkylation sites (tertiary alicyclic amines) is 1. The lowest BCUT2D eigenvalue weighted by molar-refractivity contribution is -0.119. The lowest BCUT2D eigenvalue weighted by Crippen LogP contribution is -2.46. The molecule has 0 bridgehead atoms. The number of carbonyl (C=O) groups is 1. The number of hydrogen-bond donors (Lipinski definition) is 1. The van der Waals surface area contributed by atoms with Crippen molar-refractivity contribution < 1.29 is 9.53 Å². The van der Waals surface area contributed by atoms with Crippen LogP contribution in [0.4, 0.5) is 0 Å². The zero-order valence-electron chi connectivity index (χ0n) is 13.6. The van der Waals surface area contributed by atoms with Crippen LogP contribution in [0.3, 0.4) is 0 Å². The van der Waals surface area contributed by atoms with Crippen molar-refractivity contribution in [3.05, 3.63) is 30.3 Å². The molecule has 1 aromatic rings. The van der Waals surface area contributed by atoms with Crippen molar-refractivity contribution >= 4 is 17.7 Å². The highest BCUT2D eigenvalue weighted by molar-refractivity contribution is 8.00. The van der Waals surface area contributed by atoms with E-state index < -0.39 is 0 Å². The van der Waals surface area contributed by atoms with Gasteiger partial charge in [-0.05, 0) is 37.3 Å². The molecule has 2 saturated heterocycles. The number of hydrogen-bond acceptors (Lipinski definition) is 4. The van der Waals surface area contributed by atoms with E-state index in [0.717, 1.165) is 50.6 Å². The Morgan fingerprint density at radius 1 is 1.22 bits per heavy atom. The molecule has 1 aromatic carbocycles. The second kappa shape index (κ2) is 8.71. The molecule has 5 heteroatoms. The molecule has 0 aromatic heterocycles. The average Bonchev–Trinajstić information content (AvgIpc) is 3.09.